The number of nitrogens with zero attached hydrogens (tertiary/aromatic N) is 2. The van der Waals surface area contributed by atoms with E-state index in [1.54, 1.807) is 0 Å². The number of carbonyl (C=O) groups excluding carboxylic acids is 1. The molecule has 2 N–H and O–H groups in total. The second kappa shape index (κ2) is 10.4. The summed E-state index contributed by atoms with van der Waals surface area (Å²) in [5.74, 6) is 1.09. The number of unbranched alkanes of at least 4 members (excludes halogenated alkanes) is 1. The third kappa shape index (κ3) is 6.51. The van der Waals surface area contributed by atoms with Crippen molar-refractivity contribution < 1.29 is 9.53 Å². The molecule has 7 nitrogen and oxygen atoms in total. The lowest BCUT2D eigenvalue weighted by Gasteiger charge is -2.10. The van der Waals surface area contributed by atoms with E-state index in [9.17, 15) is 9.59 Å². The molecular formula is C20H28N4O3. The molecule has 2 aromatic rings. The second-order valence-corrected chi connectivity index (χ2v) is 6.55. The zero-order valence-electron chi connectivity index (χ0n) is 16.2. The van der Waals surface area contributed by atoms with Crippen molar-refractivity contribution in [3.63, 3.8) is 0 Å². The van der Waals surface area contributed by atoms with Gasteiger partial charge in [-0.05, 0) is 44.0 Å². The number of aryl methyl sites for hydroxylation is 1. The highest BCUT2D eigenvalue weighted by atomic mass is 16.5. The largest absolute Gasteiger partial charge is 0.494 e. The number of benzene rings is 1. The van der Waals surface area contributed by atoms with Gasteiger partial charge < -0.3 is 15.0 Å². The molecule has 2 rings (SSSR count). The Morgan fingerprint density at radius 1 is 1.22 bits per heavy atom. The summed E-state index contributed by atoms with van der Waals surface area (Å²) in [7, 11) is 0. The number of rotatable bonds is 10. The van der Waals surface area contributed by atoms with Gasteiger partial charge in [-0.2, -0.15) is 0 Å². The lowest BCUT2D eigenvalue weighted by Crippen LogP contribution is -2.32. The highest BCUT2D eigenvalue weighted by molar-refractivity contribution is 5.76. The van der Waals surface area contributed by atoms with Crippen LogP contribution in [-0.2, 0) is 11.2 Å². The summed E-state index contributed by atoms with van der Waals surface area (Å²) < 4.78 is 5.62. The second-order valence-electron chi connectivity index (χ2n) is 6.55. The first-order valence-electron chi connectivity index (χ1n) is 9.52. The van der Waals surface area contributed by atoms with E-state index in [0.717, 1.165) is 30.6 Å². The standard InChI is InChI=1S/C20H28N4O3/c1-4-6-13-27-16-9-7-15(8-10-16)19-22-20(26)17(23-24-19)11-12-18(25)21-14(3)5-2/h7-10,14H,4-6,11-13H2,1-3H3,(H,21,25)(H,22,24,26). The fourth-order valence-corrected chi connectivity index (χ4v) is 2.38. The van der Waals surface area contributed by atoms with E-state index in [1.807, 2.05) is 38.1 Å². The van der Waals surface area contributed by atoms with E-state index >= 15 is 0 Å². The monoisotopic (exact) mass is 372 g/mol. The topological polar surface area (TPSA) is 97.0 Å². The van der Waals surface area contributed by atoms with Gasteiger partial charge in [-0.3, -0.25) is 9.59 Å². The van der Waals surface area contributed by atoms with E-state index in [-0.39, 0.29) is 36.0 Å². The third-order valence-electron chi connectivity index (χ3n) is 4.27. The van der Waals surface area contributed by atoms with Crippen LogP contribution in [0.3, 0.4) is 0 Å². The number of carbonyl (C=O) groups is 1. The van der Waals surface area contributed by atoms with Crippen LogP contribution in [0.1, 0.15) is 52.1 Å². The number of amides is 1. The summed E-state index contributed by atoms with van der Waals surface area (Å²) in [6, 6.07) is 7.48. The first-order chi connectivity index (χ1) is 13.0. The molecule has 1 amide bonds. The molecule has 0 spiro atoms. The molecule has 7 heteroatoms. The zero-order valence-corrected chi connectivity index (χ0v) is 16.2. The summed E-state index contributed by atoms with van der Waals surface area (Å²) >= 11 is 0. The molecule has 0 aliphatic heterocycles. The third-order valence-corrected chi connectivity index (χ3v) is 4.27. The average Bonchev–Trinajstić information content (AvgIpc) is 2.67. The van der Waals surface area contributed by atoms with E-state index in [4.69, 9.17) is 4.74 Å². The normalized spacial score (nSPS) is 11.8. The first kappa shape index (κ1) is 20.6. The van der Waals surface area contributed by atoms with Gasteiger partial charge >= 0.3 is 0 Å². The molecule has 0 fully saturated rings. The smallest absolute Gasteiger partial charge is 0.273 e. The van der Waals surface area contributed by atoms with Crippen LogP contribution in [0.4, 0.5) is 0 Å². The predicted molar refractivity (Wildman–Crippen MR) is 105 cm³/mol. The molecule has 0 bridgehead atoms. The fraction of sp³-hybridized carbons (Fsp3) is 0.500. The van der Waals surface area contributed by atoms with Gasteiger partial charge in [0, 0.05) is 24.4 Å². The molecule has 146 valence electrons. The van der Waals surface area contributed by atoms with Crippen LogP contribution in [0.5, 0.6) is 5.75 Å². The molecule has 1 unspecified atom stereocenters. The molecule has 27 heavy (non-hydrogen) atoms. The van der Waals surface area contributed by atoms with Crippen LogP contribution in [0.25, 0.3) is 11.4 Å². The van der Waals surface area contributed by atoms with E-state index in [2.05, 4.69) is 27.4 Å². The van der Waals surface area contributed by atoms with Crippen molar-refractivity contribution in [1.29, 1.82) is 0 Å². The Morgan fingerprint density at radius 3 is 2.59 bits per heavy atom. The van der Waals surface area contributed by atoms with Gasteiger partial charge in [0.25, 0.3) is 5.56 Å². The van der Waals surface area contributed by atoms with Gasteiger partial charge in [0.05, 0.1) is 6.61 Å². The summed E-state index contributed by atoms with van der Waals surface area (Å²) in [6.45, 7) is 6.75. The summed E-state index contributed by atoms with van der Waals surface area (Å²) in [4.78, 5) is 26.8. The molecule has 1 heterocycles. The van der Waals surface area contributed by atoms with Crippen LogP contribution in [0.2, 0.25) is 0 Å². The van der Waals surface area contributed by atoms with Crippen molar-refractivity contribution in [2.45, 2.75) is 58.9 Å². The van der Waals surface area contributed by atoms with E-state index < -0.39 is 0 Å². The molecule has 0 radical (unpaired) electrons. The molecule has 0 aliphatic carbocycles. The van der Waals surface area contributed by atoms with Crippen LogP contribution in [0, 0.1) is 0 Å². The van der Waals surface area contributed by atoms with Crippen LogP contribution in [0.15, 0.2) is 29.1 Å². The number of nitrogens with one attached hydrogen (secondary N) is 2. The van der Waals surface area contributed by atoms with Gasteiger partial charge in [0.15, 0.2) is 5.82 Å². The van der Waals surface area contributed by atoms with E-state index in [0.29, 0.717) is 12.4 Å². The molecule has 0 saturated carbocycles. The predicted octanol–water partition coefficient (Wildman–Crippen LogP) is 2.86. The van der Waals surface area contributed by atoms with Crippen molar-refractivity contribution in [2.75, 3.05) is 6.61 Å². The fourth-order valence-electron chi connectivity index (χ4n) is 2.38. The average molecular weight is 372 g/mol. The van der Waals surface area contributed by atoms with Crippen molar-refractivity contribution in [1.82, 2.24) is 20.5 Å². The molecule has 0 saturated heterocycles. The minimum Gasteiger partial charge on any atom is -0.494 e. The summed E-state index contributed by atoms with van der Waals surface area (Å²) in [5.41, 5.74) is 0.695. The maximum Gasteiger partial charge on any atom is 0.273 e. The minimum absolute atomic E-state index is 0.0895. The van der Waals surface area contributed by atoms with Gasteiger partial charge in [-0.1, -0.05) is 20.3 Å². The van der Waals surface area contributed by atoms with Crippen molar-refractivity contribution in [2.24, 2.45) is 0 Å². The first-order valence-corrected chi connectivity index (χ1v) is 9.52. The SMILES string of the molecule is CCCCOc1ccc(-c2nnc(CCC(=O)NC(C)CC)c(=O)[nH]2)cc1. The van der Waals surface area contributed by atoms with Gasteiger partial charge in [0.1, 0.15) is 11.4 Å². The van der Waals surface area contributed by atoms with Gasteiger partial charge in [0.2, 0.25) is 5.91 Å². The number of aromatic nitrogens is 3. The van der Waals surface area contributed by atoms with Crippen molar-refractivity contribution >= 4 is 5.91 Å². The van der Waals surface area contributed by atoms with Crippen molar-refractivity contribution in [3.05, 3.63) is 40.3 Å². The Kier molecular flexibility index (Phi) is 7.98. The highest BCUT2D eigenvalue weighted by Crippen LogP contribution is 2.18. The Labute approximate surface area is 159 Å². The Balaban J connectivity index is 1.97. The van der Waals surface area contributed by atoms with Crippen molar-refractivity contribution in [3.8, 4) is 17.1 Å². The van der Waals surface area contributed by atoms with Crippen LogP contribution < -0.4 is 15.6 Å². The number of ether oxygens (including phenoxy) is 1. The molecular weight excluding hydrogens is 344 g/mol. The zero-order chi connectivity index (χ0) is 19.6. The number of hydrogen-bond acceptors (Lipinski definition) is 5. The van der Waals surface area contributed by atoms with E-state index in [1.165, 1.54) is 0 Å². The highest BCUT2D eigenvalue weighted by Gasteiger charge is 2.11. The molecule has 1 atom stereocenters. The maximum atomic E-state index is 12.2. The quantitative estimate of drug-likeness (QED) is 0.625. The Hall–Kier alpha value is -2.70. The molecule has 1 aromatic carbocycles. The Bertz CT molecular complexity index is 787. The number of hydrogen-bond donors (Lipinski definition) is 2. The minimum atomic E-state index is -0.320. The summed E-state index contributed by atoms with van der Waals surface area (Å²) in [5, 5.41) is 11.0. The number of aromatic amines is 1. The maximum absolute atomic E-state index is 12.2. The lowest BCUT2D eigenvalue weighted by molar-refractivity contribution is -0.121. The summed E-state index contributed by atoms with van der Waals surface area (Å²) in [6.07, 6.45) is 3.43. The van der Waals surface area contributed by atoms with Gasteiger partial charge in [-0.15, -0.1) is 10.2 Å². The molecule has 0 aliphatic rings. The van der Waals surface area contributed by atoms with Gasteiger partial charge in [-0.25, -0.2) is 0 Å². The van der Waals surface area contributed by atoms with Crippen LogP contribution >= 0.6 is 0 Å². The lowest BCUT2D eigenvalue weighted by atomic mass is 10.2. The van der Waals surface area contributed by atoms with Crippen LogP contribution in [-0.4, -0.2) is 33.7 Å². The Morgan fingerprint density at radius 2 is 1.96 bits per heavy atom. The number of H-pyrrole nitrogens is 1. The molecule has 1 aromatic heterocycles.